The van der Waals surface area contributed by atoms with Crippen LogP contribution in [0.2, 0.25) is 0 Å². The highest BCUT2D eigenvalue weighted by atomic mass is 16.5. The average molecular weight is 442 g/mol. The summed E-state index contributed by atoms with van der Waals surface area (Å²) in [7, 11) is 0. The molecule has 0 amide bonds. The quantitative estimate of drug-likeness (QED) is 0.344. The van der Waals surface area contributed by atoms with Crippen molar-refractivity contribution in [2.45, 2.75) is 13.8 Å². The number of fused-ring (bicyclic) bond motifs is 2. The molecule has 0 unspecified atom stereocenters. The topological polar surface area (TPSA) is 83.4 Å². The lowest BCUT2D eigenvalue weighted by molar-refractivity contribution is 0.218. The van der Waals surface area contributed by atoms with E-state index >= 15 is 0 Å². The fourth-order valence-electron chi connectivity index (χ4n) is 3.90. The van der Waals surface area contributed by atoms with Crippen LogP contribution in [0.5, 0.6) is 5.88 Å². The van der Waals surface area contributed by atoms with Crippen molar-refractivity contribution >= 4 is 28.2 Å². The van der Waals surface area contributed by atoms with Gasteiger partial charge >= 0.3 is 0 Å². The van der Waals surface area contributed by atoms with Crippen LogP contribution in [-0.2, 0) is 0 Å². The molecule has 0 saturated carbocycles. The Labute approximate surface area is 192 Å². The molecular weight excluding hydrogens is 414 g/mol. The molecule has 33 heavy (non-hydrogen) atoms. The minimum atomic E-state index is 0.519. The summed E-state index contributed by atoms with van der Waals surface area (Å²) in [6.07, 6.45) is 3.67. The molecule has 0 saturated heterocycles. The Balaban J connectivity index is 1.35. The Morgan fingerprint density at radius 2 is 1.97 bits per heavy atom. The number of rotatable bonds is 9. The number of H-pyrrole nitrogens is 1. The van der Waals surface area contributed by atoms with Gasteiger partial charge in [-0.05, 0) is 49.5 Å². The molecule has 0 bridgehead atoms. The van der Waals surface area contributed by atoms with E-state index in [0.29, 0.717) is 18.4 Å². The van der Waals surface area contributed by atoms with Crippen LogP contribution in [0.25, 0.3) is 27.8 Å². The number of aromatic nitrogens is 5. The summed E-state index contributed by atoms with van der Waals surface area (Å²) in [5.74, 6) is 1.10. The lowest BCUT2D eigenvalue weighted by Crippen LogP contribution is -2.28. The monoisotopic (exact) mass is 441 g/mol. The molecule has 8 heteroatoms. The van der Waals surface area contributed by atoms with Gasteiger partial charge in [0.25, 0.3) is 0 Å². The summed E-state index contributed by atoms with van der Waals surface area (Å²) >= 11 is 0. The number of pyridine rings is 2. The number of nitrogens with zero attached hydrogens (tertiary/aromatic N) is 5. The number of aromatic amines is 1. The standard InChI is InChI=1S/C25H27N7O/c1-3-31(4-2)14-15-33-24-17-20(11-13-27-24)28-25-29-23-7-5-6-22(32(23)30-25)19-8-9-21-18(16-19)10-12-26-21/h5-13,16-17,26H,3-4,14-15H2,1-2H3,(H,27,28,30). The summed E-state index contributed by atoms with van der Waals surface area (Å²) in [4.78, 5) is 14.5. The van der Waals surface area contributed by atoms with E-state index in [2.05, 4.69) is 63.3 Å². The third-order valence-electron chi connectivity index (χ3n) is 5.75. The second kappa shape index (κ2) is 9.30. The number of hydrogen-bond acceptors (Lipinski definition) is 6. The SMILES string of the molecule is CCN(CC)CCOc1cc(Nc2nc3cccc(-c4ccc5[nH]ccc5c4)n3n2)ccn1. The van der Waals surface area contributed by atoms with E-state index in [0.717, 1.165) is 53.1 Å². The van der Waals surface area contributed by atoms with Crippen LogP contribution >= 0.6 is 0 Å². The van der Waals surface area contributed by atoms with Gasteiger partial charge in [-0.25, -0.2) is 9.50 Å². The second-order valence-corrected chi connectivity index (χ2v) is 7.78. The maximum absolute atomic E-state index is 5.84. The summed E-state index contributed by atoms with van der Waals surface area (Å²) in [5, 5.41) is 9.15. The summed E-state index contributed by atoms with van der Waals surface area (Å²) in [6, 6.07) is 18.1. The van der Waals surface area contributed by atoms with Crippen LogP contribution in [-0.4, -0.2) is 55.7 Å². The normalized spacial score (nSPS) is 11.5. The lowest BCUT2D eigenvalue weighted by Gasteiger charge is -2.17. The van der Waals surface area contributed by atoms with E-state index in [9.17, 15) is 0 Å². The van der Waals surface area contributed by atoms with E-state index < -0.39 is 0 Å². The van der Waals surface area contributed by atoms with Crippen LogP contribution in [0.1, 0.15) is 13.8 Å². The van der Waals surface area contributed by atoms with E-state index in [-0.39, 0.29) is 0 Å². The predicted octanol–water partition coefficient (Wildman–Crippen LogP) is 4.74. The van der Waals surface area contributed by atoms with E-state index in [1.807, 2.05) is 41.0 Å². The fraction of sp³-hybridized carbons (Fsp3) is 0.240. The predicted molar refractivity (Wildman–Crippen MR) is 131 cm³/mol. The average Bonchev–Trinajstić information content (AvgIpc) is 3.48. The van der Waals surface area contributed by atoms with Crippen molar-refractivity contribution < 1.29 is 4.74 Å². The Morgan fingerprint density at radius 1 is 1.06 bits per heavy atom. The first-order valence-electron chi connectivity index (χ1n) is 11.2. The van der Waals surface area contributed by atoms with Gasteiger partial charge in [0.2, 0.25) is 11.8 Å². The Bertz CT molecular complexity index is 1370. The van der Waals surface area contributed by atoms with Gasteiger partial charge in [-0.3, -0.25) is 0 Å². The highest BCUT2D eigenvalue weighted by Crippen LogP contribution is 2.25. The lowest BCUT2D eigenvalue weighted by atomic mass is 10.1. The second-order valence-electron chi connectivity index (χ2n) is 7.78. The third-order valence-corrected chi connectivity index (χ3v) is 5.75. The van der Waals surface area contributed by atoms with Crippen molar-refractivity contribution in [1.82, 2.24) is 29.5 Å². The van der Waals surface area contributed by atoms with E-state index in [1.165, 1.54) is 0 Å². The highest BCUT2D eigenvalue weighted by Gasteiger charge is 2.10. The smallest absolute Gasteiger partial charge is 0.247 e. The summed E-state index contributed by atoms with van der Waals surface area (Å²) < 4.78 is 7.70. The minimum absolute atomic E-state index is 0.519. The number of likely N-dealkylation sites (N-methyl/N-ethyl adjacent to an activating group) is 1. The molecular formula is C25H27N7O. The van der Waals surface area contributed by atoms with Gasteiger partial charge in [-0.15, -0.1) is 5.10 Å². The molecule has 0 fully saturated rings. The molecule has 0 aliphatic rings. The number of anilines is 2. The summed E-state index contributed by atoms with van der Waals surface area (Å²) in [6.45, 7) is 7.79. The summed E-state index contributed by atoms with van der Waals surface area (Å²) in [5.41, 5.74) is 4.77. The van der Waals surface area contributed by atoms with Crippen molar-refractivity contribution in [2.24, 2.45) is 0 Å². The van der Waals surface area contributed by atoms with Gasteiger partial charge in [0.15, 0.2) is 5.65 Å². The van der Waals surface area contributed by atoms with Crippen LogP contribution in [0, 0.1) is 0 Å². The van der Waals surface area contributed by atoms with Gasteiger partial charge in [0.05, 0.1) is 5.69 Å². The molecule has 0 radical (unpaired) electrons. The van der Waals surface area contributed by atoms with E-state index in [1.54, 1.807) is 6.20 Å². The first-order chi connectivity index (χ1) is 16.2. The van der Waals surface area contributed by atoms with Gasteiger partial charge < -0.3 is 19.9 Å². The maximum atomic E-state index is 5.84. The molecule has 2 N–H and O–H groups in total. The minimum Gasteiger partial charge on any atom is -0.476 e. The number of hydrogen-bond donors (Lipinski definition) is 2. The fourth-order valence-corrected chi connectivity index (χ4v) is 3.90. The molecule has 168 valence electrons. The van der Waals surface area contributed by atoms with Gasteiger partial charge in [0.1, 0.15) is 6.61 Å². The molecule has 5 aromatic rings. The van der Waals surface area contributed by atoms with Crippen LogP contribution in [0.4, 0.5) is 11.6 Å². The molecule has 4 aromatic heterocycles. The largest absolute Gasteiger partial charge is 0.476 e. The molecule has 1 aromatic carbocycles. The molecule has 0 aliphatic heterocycles. The first-order valence-corrected chi connectivity index (χ1v) is 11.2. The number of nitrogens with one attached hydrogen (secondary N) is 2. The molecule has 4 heterocycles. The molecule has 8 nitrogen and oxygen atoms in total. The maximum Gasteiger partial charge on any atom is 0.247 e. The molecule has 5 rings (SSSR count). The van der Waals surface area contributed by atoms with Crippen molar-refractivity contribution in [2.75, 3.05) is 31.6 Å². The Morgan fingerprint density at radius 3 is 2.85 bits per heavy atom. The first kappa shape index (κ1) is 21.0. The van der Waals surface area contributed by atoms with Crippen molar-refractivity contribution in [3.63, 3.8) is 0 Å². The molecule has 0 atom stereocenters. The van der Waals surface area contributed by atoms with Crippen molar-refractivity contribution in [3.05, 3.63) is 67.0 Å². The zero-order chi connectivity index (χ0) is 22.6. The van der Waals surface area contributed by atoms with Crippen molar-refractivity contribution in [3.8, 4) is 17.1 Å². The van der Waals surface area contributed by atoms with Gasteiger partial charge in [-0.2, -0.15) is 4.98 Å². The van der Waals surface area contributed by atoms with Gasteiger partial charge in [-0.1, -0.05) is 26.0 Å². The van der Waals surface area contributed by atoms with E-state index in [4.69, 9.17) is 9.84 Å². The zero-order valence-electron chi connectivity index (χ0n) is 18.8. The van der Waals surface area contributed by atoms with Crippen LogP contribution < -0.4 is 10.1 Å². The third kappa shape index (κ3) is 4.51. The highest BCUT2D eigenvalue weighted by molar-refractivity contribution is 5.84. The van der Waals surface area contributed by atoms with Gasteiger partial charge in [0, 0.05) is 47.2 Å². The van der Waals surface area contributed by atoms with Crippen LogP contribution in [0.15, 0.2) is 67.0 Å². The van der Waals surface area contributed by atoms with Crippen molar-refractivity contribution in [1.29, 1.82) is 0 Å². The number of ether oxygens (including phenoxy) is 1. The van der Waals surface area contributed by atoms with Crippen LogP contribution in [0.3, 0.4) is 0 Å². The zero-order valence-corrected chi connectivity index (χ0v) is 18.8. The Hall–Kier alpha value is -3.91. The Kier molecular flexibility index (Phi) is 5.91. The molecule has 0 aliphatic carbocycles. The molecule has 0 spiro atoms. The number of benzene rings is 1.